The molecule has 0 aromatic heterocycles. The summed E-state index contributed by atoms with van der Waals surface area (Å²) in [6, 6.07) is 14.9. The first-order valence-electron chi connectivity index (χ1n) is 10.7. The fourth-order valence-electron chi connectivity index (χ4n) is 4.45. The van der Waals surface area contributed by atoms with Crippen LogP contribution < -0.4 is 10.2 Å². The Morgan fingerprint density at radius 1 is 0.970 bits per heavy atom. The summed E-state index contributed by atoms with van der Waals surface area (Å²) in [4.78, 5) is 28.2. The molecule has 3 aromatic carbocycles. The molecule has 0 radical (unpaired) electrons. The molecule has 1 amide bonds. The van der Waals surface area contributed by atoms with E-state index in [-0.39, 0.29) is 33.0 Å². The highest BCUT2D eigenvalue weighted by molar-refractivity contribution is 7.91. The molecule has 0 aliphatic carbocycles. The van der Waals surface area contributed by atoms with Crippen LogP contribution in [-0.2, 0) is 16.4 Å². The van der Waals surface area contributed by atoms with Gasteiger partial charge in [-0.2, -0.15) is 0 Å². The second-order valence-electron chi connectivity index (χ2n) is 8.20. The minimum absolute atomic E-state index is 0.0215. The second kappa shape index (κ2) is 8.12. The van der Waals surface area contributed by atoms with Gasteiger partial charge in [-0.25, -0.2) is 12.8 Å². The molecular weight excluding hydrogens is 443 g/mol. The lowest BCUT2D eigenvalue weighted by Crippen LogP contribution is -2.29. The zero-order chi connectivity index (χ0) is 23.2. The summed E-state index contributed by atoms with van der Waals surface area (Å²) >= 11 is 0. The van der Waals surface area contributed by atoms with Gasteiger partial charge in [0.15, 0.2) is 5.78 Å². The predicted octanol–water partition coefficient (Wildman–Crippen LogP) is 3.73. The number of rotatable bonds is 4. The monoisotopic (exact) mass is 464 g/mol. The van der Waals surface area contributed by atoms with Crippen LogP contribution in [0.15, 0.2) is 70.5 Å². The number of amides is 1. The van der Waals surface area contributed by atoms with E-state index in [0.29, 0.717) is 5.56 Å². The van der Waals surface area contributed by atoms with E-state index in [4.69, 9.17) is 0 Å². The summed E-state index contributed by atoms with van der Waals surface area (Å²) in [5, 5.41) is 2.65. The van der Waals surface area contributed by atoms with Crippen molar-refractivity contribution in [3.8, 4) is 0 Å². The maximum atomic E-state index is 13.5. The van der Waals surface area contributed by atoms with Gasteiger partial charge in [-0.05, 0) is 60.9 Å². The standard InChI is InChI=1S/C25H21FN2O4S/c26-17-6-3-5-16(13-17)15-27-25(30)20-7-4-8-21-23(20)24(29)19-10-9-18(28-11-1-2-12-28)14-22(19)33(21,31)32/h3-10,13-14H,1-2,11-12,15H2,(H,27,30). The summed E-state index contributed by atoms with van der Waals surface area (Å²) in [7, 11) is -3.99. The van der Waals surface area contributed by atoms with Crippen molar-refractivity contribution >= 4 is 27.2 Å². The number of sulfone groups is 1. The van der Waals surface area contributed by atoms with Gasteiger partial charge in [-0.1, -0.05) is 18.2 Å². The van der Waals surface area contributed by atoms with Crippen LogP contribution in [0.1, 0.15) is 44.7 Å². The number of ketones is 1. The fraction of sp³-hybridized carbons (Fsp3) is 0.200. The van der Waals surface area contributed by atoms with E-state index in [1.807, 2.05) is 0 Å². The van der Waals surface area contributed by atoms with E-state index in [1.54, 1.807) is 18.2 Å². The molecule has 3 aromatic rings. The number of nitrogens with one attached hydrogen (secondary N) is 1. The van der Waals surface area contributed by atoms with Crippen LogP contribution in [0.25, 0.3) is 0 Å². The molecular formula is C25H21FN2O4S. The normalized spacial score (nSPS) is 16.3. The van der Waals surface area contributed by atoms with Crippen molar-refractivity contribution in [2.75, 3.05) is 18.0 Å². The molecule has 0 unspecified atom stereocenters. The minimum Gasteiger partial charge on any atom is -0.371 e. The third-order valence-corrected chi connectivity index (χ3v) is 7.94. The Hall–Kier alpha value is -3.52. The van der Waals surface area contributed by atoms with Crippen LogP contribution in [0.2, 0.25) is 0 Å². The van der Waals surface area contributed by atoms with Gasteiger partial charge in [0.05, 0.1) is 20.9 Å². The number of hydrogen-bond acceptors (Lipinski definition) is 5. The van der Waals surface area contributed by atoms with E-state index in [0.717, 1.165) is 31.6 Å². The van der Waals surface area contributed by atoms with Crippen molar-refractivity contribution in [3.63, 3.8) is 0 Å². The predicted molar refractivity (Wildman–Crippen MR) is 121 cm³/mol. The van der Waals surface area contributed by atoms with Crippen LogP contribution in [-0.4, -0.2) is 33.2 Å². The average molecular weight is 465 g/mol. The smallest absolute Gasteiger partial charge is 0.252 e. The van der Waals surface area contributed by atoms with Crippen LogP contribution in [0.5, 0.6) is 0 Å². The van der Waals surface area contributed by atoms with Gasteiger partial charge in [0.25, 0.3) is 5.91 Å². The van der Waals surface area contributed by atoms with Gasteiger partial charge in [-0.15, -0.1) is 0 Å². The fourth-order valence-corrected chi connectivity index (χ4v) is 6.14. The number of fused-ring (bicyclic) bond motifs is 2. The van der Waals surface area contributed by atoms with E-state index < -0.39 is 27.3 Å². The summed E-state index contributed by atoms with van der Waals surface area (Å²) in [6.45, 7) is 1.73. The van der Waals surface area contributed by atoms with Crippen molar-refractivity contribution < 1.29 is 22.4 Å². The Bertz CT molecular complexity index is 1400. The number of anilines is 1. The molecule has 1 saturated heterocycles. The summed E-state index contributed by atoms with van der Waals surface area (Å²) in [5.41, 5.74) is 1.24. The first-order chi connectivity index (χ1) is 15.9. The molecule has 8 heteroatoms. The highest BCUT2D eigenvalue weighted by atomic mass is 32.2. The van der Waals surface area contributed by atoms with E-state index >= 15 is 0 Å². The van der Waals surface area contributed by atoms with Crippen LogP contribution in [0.3, 0.4) is 0 Å². The molecule has 0 bridgehead atoms. The Kier molecular flexibility index (Phi) is 5.25. The van der Waals surface area contributed by atoms with Crippen molar-refractivity contribution in [2.24, 2.45) is 0 Å². The van der Waals surface area contributed by atoms with E-state index in [1.165, 1.54) is 42.5 Å². The highest BCUT2D eigenvalue weighted by Gasteiger charge is 2.38. The molecule has 6 nitrogen and oxygen atoms in total. The van der Waals surface area contributed by atoms with Gasteiger partial charge in [0.1, 0.15) is 5.82 Å². The third kappa shape index (κ3) is 3.70. The van der Waals surface area contributed by atoms with Crippen molar-refractivity contribution in [3.05, 3.63) is 88.7 Å². The van der Waals surface area contributed by atoms with Crippen molar-refractivity contribution in [2.45, 2.75) is 29.2 Å². The molecule has 2 aliphatic rings. The topological polar surface area (TPSA) is 83.6 Å². The lowest BCUT2D eigenvalue weighted by atomic mass is 9.96. The molecule has 1 N–H and O–H groups in total. The Balaban J connectivity index is 1.51. The zero-order valence-electron chi connectivity index (χ0n) is 17.7. The molecule has 1 fully saturated rings. The third-order valence-electron chi connectivity index (χ3n) is 6.10. The molecule has 168 valence electrons. The maximum absolute atomic E-state index is 13.5. The number of carbonyl (C=O) groups is 2. The van der Waals surface area contributed by atoms with Gasteiger partial charge in [-0.3, -0.25) is 9.59 Å². The quantitative estimate of drug-likeness (QED) is 0.498. The molecule has 0 atom stereocenters. The van der Waals surface area contributed by atoms with Gasteiger partial charge < -0.3 is 10.2 Å². The van der Waals surface area contributed by atoms with Crippen molar-refractivity contribution in [1.29, 1.82) is 0 Å². The van der Waals surface area contributed by atoms with Crippen LogP contribution in [0, 0.1) is 5.82 Å². The number of benzene rings is 3. The second-order valence-corrected chi connectivity index (χ2v) is 10.1. The van der Waals surface area contributed by atoms with Gasteiger partial charge in [0, 0.05) is 30.9 Å². The lowest BCUT2D eigenvalue weighted by molar-refractivity contribution is 0.0938. The maximum Gasteiger partial charge on any atom is 0.252 e. The van der Waals surface area contributed by atoms with E-state index in [9.17, 15) is 22.4 Å². The molecule has 33 heavy (non-hydrogen) atoms. The molecule has 2 heterocycles. The average Bonchev–Trinajstić information content (AvgIpc) is 3.36. The summed E-state index contributed by atoms with van der Waals surface area (Å²) < 4.78 is 40.3. The summed E-state index contributed by atoms with van der Waals surface area (Å²) in [6.07, 6.45) is 2.08. The molecule has 5 rings (SSSR count). The SMILES string of the molecule is O=C(NCc1cccc(F)c1)c1cccc2c1C(=O)c1ccc(N3CCCC3)cc1S2(=O)=O. The molecule has 0 saturated carbocycles. The highest BCUT2D eigenvalue weighted by Crippen LogP contribution is 2.38. The van der Waals surface area contributed by atoms with Crippen molar-refractivity contribution in [1.82, 2.24) is 5.32 Å². The molecule has 0 spiro atoms. The van der Waals surface area contributed by atoms with Crippen LogP contribution in [0.4, 0.5) is 10.1 Å². The van der Waals surface area contributed by atoms with Crippen LogP contribution >= 0.6 is 0 Å². The Morgan fingerprint density at radius 3 is 2.48 bits per heavy atom. The molecule has 2 aliphatic heterocycles. The van der Waals surface area contributed by atoms with Gasteiger partial charge in [0.2, 0.25) is 9.84 Å². The van der Waals surface area contributed by atoms with Gasteiger partial charge >= 0.3 is 0 Å². The van der Waals surface area contributed by atoms with E-state index in [2.05, 4.69) is 10.2 Å². The minimum atomic E-state index is -3.99. The largest absolute Gasteiger partial charge is 0.371 e. The lowest BCUT2D eigenvalue weighted by Gasteiger charge is -2.24. The Morgan fingerprint density at radius 2 is 1.73 bits per heavy atom. The summed E-state index contributed by atoms with van der Waals surface area (Å²) in [5.74, 6) is -1.53. The number of halogens is 1. The Labute approximate surface area is 191 Å². The first kappa shape index (κ1) is 21.3. The number of hydrogen-bond donors (Lipinski definition) is 1. The number of nitrogens with zero attached hydrogens (tertiary/aromatic N) is 1. The zero-order valence-corrected chi connectivity index (χ0v) is 18.5. The first-order valence-corrected chi connectivity index (χ1v) is 12.2. The number of carbonyl (C=O) groups excluding carboxylic acids is 2.